The monoisotopic (exact) mass is 235 g/mol. The summed E-state index contributed by atoms with van der Waals surface area (Å²) in [5, 5.41) is 11.6. The van der Waals surface area contributed by atoms with Crippen LogP contribution in [0, 0.1) is 0 Å². The second-order valence-electron chi connectivity index (χ2n) is 4.92. The van der Waals surface area contributed by atoms with E-state index in [0.29, 0.717) is 18.0 Å². The van der Waals surface area contributed by atoms with Crippen LogP contribution in [0.2, 0.25) is 0 Å². The highest BCUT2D eigenvalue weighted by Gasteiger charge is 2.16. The first kappa shape index (κ1) is 12.3. The van der Waals surface area contributed by atoms with Gasteiger partial charge in [-0.25, -0.2) is 0 Å². The van der Waals surface area contributed by atoms with Crippen LogP contribution in [0.1, 0.15) is 45.2 Å². The molecule has 94 valence electrons. The van der Waals surface area contributed by atoms with Gasteiger partial charge in [-0.3, -0.25) is 0 Å². The number of rotatable bonds is 5. The molecule has 0 unspecified atom stereocenters. The van der Waals surface area contributed by atoms with Gasteiger partial charge >= 0.3 is 0 Å². The predicted octanol–water partition coefficient (Wildman–Crippen LogP) is 2.30. The van der Waals surface area contributed by atoms with Gasteiger partial charge in [0.15, 0.2) is 0 Å². The van der Waals surface area contributed by atoms with Crippen LogP contribution in [0.25, 0.3) is 0 Å². The van der Waals surface area contributed by atoms with Crippen molar-refractivity contribution >= 4 is 0 Å². The first-order valence-electron chi connectivity index (χ1n) is 6.46. The van der Waals surface area contributed by atoms with Crippen LogP contribution in [0.5, 0.6) is 5.88 Å². The summed E-state index contributed by atoms with van der Waals surface area (Å²) in [4.78, 5) is 0. The van der Waals surface area contributed by atoms with E-state index in [0.717, 1.165) is 25.1 Å². The molecule has 0 saturated heterocycles. The van der Waals surface area contributed by atoms with E-state index in [2.05, 4.69) is 29.4 Å². The zero-order chi connectivity index (χ0) is 12.1. The maximum absolute atomic E-state index is 5.76. The van der Waals surface area contributed by atoms with Crippen LogP contribution < -0.4 is 10.1 Å². The first-order valence-corrected chi connectivity index (χ1v) is 6.46. The number of aromatic nitrogens is 2. The fraction of sp³-hybridized carbons (Fsp3) is 0.692. The highest BCUT2D eigenvalue weighted by molar-refractivity contribution is 5.12. The van der Waals surface area contributed by atoms with Crippen molar-refractivity contribution in [3.8, 4) is 5.88 Å². The second kappa shape index (κ2) is 5.96. The van der Waals surface area contributed by atoms with Crippen molar-refractivity contribution in [2.75, 3.05) is 0 Å². The van der Waals surface area contributed by atoms with Gasteiger partial charge in [-0.2, -0.15) is 5.10 Å². The minimum atomic E-state index is 0.351. The van der Waals surface area contributed by atoms with Gasteiger partial charge in [0.1, 0.15) is 6.10 Å². The molecule has 1 fully saturated rings. The van der Waals surface area contributed by atoms with Gasteiger partial charge in [-0.05, 0) is 31.7 Å². The molecule has 1 aromatic heterocycles. The lowest BCUT2D eigenvalue weighted by Crippen LogP contribution is -2.22. The molecular weight excluding hydrogens is 214 g/mol. The molecule has 0 aliphatic heterocycles. The zero-order valence-electron chi connectivity index (χ0n) is 10.6. The number of ether oxygens (including phenoxy) is 1. The largest absolute Gasteiger partial charge is 0.473 e. The lowest BCUT2D eigenvalue weighted by molar-refractivity contribution is 0.199. The normalized spacial score (nSPS) is 16.6. The van der Waals surface area contributed by atoms with E-state index in [9.17, 15) is 0 Å². The van der Waals surface area contributed by atoms with E-state index < -0.39 is 0 Å². The van der Waals surface area contributed by atoms with Gasteiger partial charge in [-0.1, -0.05) is 13.8 Å². The van der Waals surface area contributed by atoms with Gasteiger partial charge in [-0.15, -0.1) is 5.10 Å². The van der Waals surface area contributed by atoms with E-state index in [1.54, 1.807) is 0 Å². The summed E-state index contributed by atoms with van der Waals surface area (Å²) in [6.07, 6.45) is 5.20. The van der Waals surface area contributed by atoms with Crippen LogP contribution in [-0.4, -0.2) is 22.3 Å². The van der Waals surface area contributed by atoms with Gasteiger partial charge in [0.05, 0.1) is 5.69 Å². The third-order valence-electron chi connectivity index (χ3n) is 2.98. The Kier molecular flexibility index (Phi) is 4.31. The Bertz CT molecular complexity index is 331. The van der Waals surface area contributed by atoms with Crippen molar-refractivity contribution < 1.29 is 4.74 Å². The van der Waals surface area contributed by atoms with Crippen molar-refractivity contribution in [2.24, 2.45) is 0 Å². The lowest BCUT2D eigenvalue weighted by atomic mass is 10.3. The van der Waals surface area contributed by atoms with E-state index in [1.807, 2.05) is 12.1 Å². The summed E-state index contributed by atoms with van der Waals surface area (Å²) in [6.45, 7) is 4.99. The van der Waals surface area contributed by atoms with Crippen LogP contribution in [0.3, 0.4) is 0 Å². The summed E-state index contributed by atoms with van der Waals surface area (Å²) in [6, 6.07) is 4.36. The summed E-state index contributed by atoms with van der Waals surface area (Å²) in [7, 11) is 0. The molecule has 1 heterocycles. The highest BCUT2D eigenvalue weighted by Crippen LogP contribution is 2.22. The summed E-state index contributed by atoms with van der Waals surface area (Å²) in [5.41, 5.74) is 0.956. The number of hydrogen-bond donors (Lipinski definition) is 1. The third kappa shape index (κ3) is 3.97. The number of nitrogens with zero attached hydrogens (tertiary/aromatic N) is 2. The predicted molar refractivity (Wildman–Crippen MR) is 66.9 cm³/mol. The first-order chi connectivity index (χ1) is 8.24. The van der Waals surface area contributed by atoms with Gasteiger partial charge < -0.3 is 10.1 Å². The minimum Gasteiger partial charge on any atom is -0.473 e. The van der Waals surface area contributed by atoms with Gasteiger partial charge in [0.25, 0.3) is 0 Å². The van der Waals surface area contributed by atoms with E-state index >= 15 is 0 Å². The SMILES string of the molecule is CC(C)NCc1ccc(OC2CCCC2)nn1. The maximum Gasteiger partial charge on any atom is 0.233 e. The Morgan fingerprint density at radius 3 is 2.65 bits per heavy atom. The molecule has 0 spiro atoms. The molecule has 2 rings (SSSR count). The third-order valence-corrected chi connectivity index (χ3v) is 2.98. The highest BCUT2D eigenvalue weighted by atomic mass is 16.5. The quantitative estimate of drug-likeness (QED) is 0.850. The molecule has 0 radical (unpaired) electrons. The maximum atomic E-state index is 5.76. The van der Waals surface area contributed by atoms with Gasteiger partial charge in [0.2, 0.25) is 5.88 Å². The smallest absolute Gasteiger partial charge is 0.233 e. The van der Waals surface area contributed by atoms with E-state index in [1.165, 1.54) is 12.8 Å². The Morgan fingerprint density at radius 2 is 2.06 bits per heavy atom. The van der Waals surface area contributed by atoms with E-state index in [-0.39, 0.29) is 0 Å². The molecule has 1 aliphatic rings. The van der Waals surface area contributed by atoms with Crippen LogP contribution >= 0.6 is 0 Å². The Morgan fingerprint density at radius 1 is 1.29 bits per heavy atom. The second-order valence-corrected chi connectivity index (χ2v) is 4.92. The molecule has 0 bridgehead atoms. The molecular formula is C13H21N3O. The summed E-state index contributed by atoms with van der Waals surface area (Å²) >= 11 is 0. The Labute approximate surface area is 103 Å². The molecule has 4 nitrogen and oxygen atoms in total. The lowest BCUT2D eigenvalue weighted by Gasteiger charge is -2.11. The summed E-state index contributed by atoms with van der Waals surface area (Å²) < 4.78 is 5.76. The van der Waals surface area contributed by atoms with Crippen molar-refractivity contribution in [1.29, 1.82) is 0 Å². The van der Waals surface area contributed by atoms with E-state index in [4.69, 9.17) is 4.74 Å². The number of nitrogens with one attached hydrogen (secondary N) is 1. The average molecular weight is 235 g/mol. The molecule has 1 aliphatic carbocycles. The molecule has 0 amide bonds. The number of hydrogen-bond acceptors (Lipinski definition) is 4. The molecule has 4 heteroatoms. The fourth-order valence-electron chi connectivity index (χ4n) is 1.99. The Balaban J connectivity index is 1.84. The van der Waals surface area contributed by atoms with Gasteiger partial charge in [0, 0.05) is 18.7 Å². The van der Waals surface area contributed by atoms with Crippen molar-refractivity contribution in [2.45, 2.75) is 58.2 Å². The summed E-state index contributed by atoms with van der Waals surface area (Å²) in [5.74, 6) is 0.658. The van der Waals surface area contributed by atoms with Crippen molar-refractivity contribution in [3.05, 3.63) is 17.8 Å². The molecule has 0 aromatic carbocycles. The topological polar surface area (TPSA) is 47.0 Å². The van der Waals surface area contributed by atoms with Crippen LogP contribution in [0.15, 0.2) is 12.1 Å². The van der Waals surface area contributed by atoms with Crippen molar-refractivity contribution in [3.63, 3.8) is 0 Å². The molecule has 1 aromatic rings. The molecule has 17 heavy (non-hydrogen) atoms. The zero-order valence-corrected chi connectivity index (χ0v) is 10.6. The van der Waals surface area contributed by atoms with Crippen LogP contribution in [-0.2, 0) is 6.54 Å². The fourth-order valence-corrected chi connectivity index (χ4v) is 1.99. The standard InChI is InChI=1S/C13H21N3O/c1-10(2)14-9-11-7-8-13(16-15-11)17-12-5-3-4-6-12/h7-8,10,12,14H,3-6,9H2,1-2H3. The minimum absolute atomic E-state index is 0.351. The molecule has 1 saturated carbocycles. The Hall–Kier alpha value is -1.16. The molecule has 1 N–H and O–H groups in total. The van der Waals surface area contributed by atoms with Crippen LogP contribution in [0.4, 0.5) is 0 Å². The van der Waals surface area contributed by atoms with Crippen molar-refractivity contribution in [1.82, 2.24) is 15.5 Å². The molecule has 0 atom stereocenters. The average Bonchev–Trinajstić information content (AvgIpc) is 2.81.